The third-order valence-electron chi connectivity index (χ3n) is 3.69. The molecule has 0 saturated heterocycles. The normalized spacial score (nSPS) is 10.2. The van der Waals surface area contributed by atoms with Crippen molar-refractivity contribution in [1.29, 1.82) is 5.41 Å². The molecular weight excluding hydrogens is 344 g/mol. The summed E-state index contributed by atoms with van der Waals surface area (Å²) in [6, 6.07) is 12.7. The SMILES string of the molecule is COc1cccc(N(C)C(=N)Nc2nc(C)cc(Oc3cccnc3)n2)c1. The molecule has 0 spiro atoms. The van der Waals surface area contributed by atoms with E-state index in [-0.39, 0.29) is 11.9 Å². The third kappa shape index (κ3) is 4.69. The van der Waals surface area contributed by atoms with E-state index in [1.54, 1.807) is 49.7 Å². The number of hydrogen-bond donors (Lipinski definition) is 2. The van der Waals surface area contributed by atoms with Crippen LogP contribution in [0.2, 0.25) is 0 Å². The number of nitrogens with one attached hydrogen (secondary N) is 2. The third-order valence-corrected chi connectivity index (χ3v) is 3.69. The van der Waals surface area contributed by atoms with E-state index in [4.69, 9.17) is 14.9 Å². The van der Waals surface area contributed by atoms with Gasteiger partial charge in [-0.25, -0.2) is 4.98 Å². The number of aryl methyl sites for hydroxylation is 1. The van der Waals surface area contributed by atoms with Crippen molar-refractivity contribution in [2.75, 3.05) is 24.4 Å². The van der Waals surface area contributed by atoms with Crippen LogP contribution in [-0.4, -0.2) is 35.1 Å². The molecule has 3 aromatic rings. The molecule has 8 nitrogen and oxygen atoms in total. The predicted octanol–water partition coefficient (Wildman–Crippen LogP) is 3.46. The smallest absolute Gasteiger partial charge is 0.233 e. The van der Waals surface area contributed by atoms with Crippen LogP contribution in [0.15, 0.2) is 54.9 Å². The number of rotatable bonds is 5. The number of methoxy groups -OCH3 is 1. The van der Waals surface area contributed by atoms with Gasteiger partial charge in [0, 0.05) is 36.8 Å². The van der Waals surface area contributed by atoms with E-state index in [0.29, 0.717) is 23.1 Å². The molecule has 0 amide bonds. The van der Waals surface area contributed by atoms with Gasteiger partial charge in [0.25, 0.3) is 0 Å². The maximum atomic E-state index is 8.30. The summed E-state index contributed by atoms with van der Waals surface area (Å²) in [5, 5.41) is 11.2. The fourth-order valence-corrected chi connectivity index (χ4v) is 2.31. The molecule has 2 N–H and O–H groups in total. The van der Waals surface area contributed by atoms with Gasteiger partial charge in [0.05, 0.1) is 13.3 Å². The number of hydrogen-bond acceptors (Lipinski definition) is 6. The van der Waals surface area contributed by atoms with Crippen molar-refractivity contribution in [1.82, 2.24) is 15.0 Å². The Morgan fingerprint density at radius 2 is 1.93 bits per heavy atom. The van der Waals surface area contributed by atoms with Crippen LogP contribution in [-0.2, 0) is 0 Å². The Hall–Kier alpha value is -3.68. The zero-order chi connectivity index (χ0) is 19.2. The monoisotopic (exact) mass is 364 g/mol. The molecule has 3 rings (SSSR count). The molecule has 2 aromatic heterocycles. The number of pyridine rings is 1. The first-order valence-electron chi connectivity index (χ1n) is 8.22. The number of nitrogens with zero attached hydrogens (tertiary/aromatic N) is 4. The van der Waals surface area contributed by atoms with Gasteiger partial charge in [0.2, 0.25) is 17.8 Å². The Balaban J connectivity index is 1.75. The summed E-state index contributed by atoms with van der Waals surface area (Å²) in [7, 11) is 3.38. The average molecular weight is 364 g/mol. The molecule has 0 aliphatic rings. The molecule has 0 aliphatic carbocycles. The van der Waals surface area contributed by atoms with Crippen LogP contribution in [0, 0.1) is 12.3 Å². The van der Waals surface area contributed by atoms with Crippen molar-refractivity contribution in [3.63, 3.8) is 0 Å². The Bertz CT molecular complexity index is 932. The van der Waals surface area contributed by atoms with Crippen LogP contribution < -0.4 is 19.7 Å². The molecule has 0 fully saturated rings. The Morgan fingerprint density at radius 1 is 1.11 bits per heavy atom. The Kier molecular flexibility index (Phi) is 5.46. The van der Waals surface area contributed by atoms with Gasteiger partial charge in [-0.1, -0.05) is 6.07 Å². The van der Waals surface area contributed by atoms with E-state index < -0.39 is 0 Å². The highest BCUT2D eigenvalue weighted by molar-refractivity contribution is 6.02. The summed E-state index contributed by atoms with van der Waals surface area (Å²) in [6.45, 7) is 1.83. The van der Waals surface area contributed by atoms with Gasteiger partial charge >= 0.3 is 0 Å². The van der Waals surface area contributed by atoms with Gasteiger partial charge in [-0.3, -0.25) is 15.7 Å². The molecule has 0 bridgehead atoms. The summed E-state index contributed by atoms with van der Waals surface area (Å²) < 4.78 is 10.9. The van der Waals surface area contributed by atoms with E-state index in [1.807, 2.05) is 31.2 Å². The summed E-state index contributed by atoms with van der Waals surface area (Å²) in [5.41, 5.74) is 1.51. The van der Waals surface area contributed by atoms with Crippen molar-refractivity contribution in [3.05, 3.63) is 60.6 Å². The summed E-state index contributed by atoms with van der Waals surface area (Å²) in [5.74, 6) is 2.04. The minimum Gasteiger partial charge on any atom is -0.497 e. The van der Waals surface area contributed by atoms with Gasteiger partial charge in [-0.05, 0) is 31.2 Å². The second kappa shape index (κ2) is 8.13. The van der Waals surface area contributed by atoms with Crippen molar-refractivity contribution in [2.45, 2.75) is 6.92 Å². The number of benzene rings is 1. The lowest BCUT2D eigenvalue weighted by atomic mass is 10.3. The second-order valence-electron chi connectivity index (χ2n) is 5.70. The van der Waals surface area contributed by atoms with Gasteiger partial charge in [-0.2, -0.15) is 4.98 Å². The van der Waals surface area contributed by atoms with Crippen LogP contribution in [0.3, 0.4) is 0 Å². The molecule has 0 radical (unpaired) electrons. The predicted molar refractivity (Wildman–Crippen MR) is 104 cm³/mol. The molecule has 8 heteroatoms. The Labute approximate surface area is 157 Å². The fraction of sp³-hybridized carbons (Fsp3) is 0.158. The van der Waals surface area contributed by atoms with Gasteiger partial charge in [-0.15, -0.1) is 0 Å². The number of aromatic nitrogens is 3. The van der Waals surface area contributed by atoms with E-state index in [2.05, 4.69) is 20.3 Å². The highest BCUT2D eigenvalue weighted by Crippen LogP contribution is 2.22. The van der Waals surface area contributed by atoms with Crippen molar-refractivity contribution in [2.24, 2.45) is 0 Å². The maximum Gasteiger partial charge on any atom is 0.233 e. The first-order chi connectivity index (χ1) is 13.0. The molecular formula is C19H20N6O2. The standard InChI is InChI=1S/C19H20N6O2/c1-13-10-17(27-16-8-5-9-21-12-16)23-19(22-13)24-18(20)25(2)14-6-4-7-15(11-14)26-3/h4-12H,1-3H3,(H2,20,22,23,24). The number of ether oxygens (including phenoxy) is 2. The van der Waals surface area contributed by atoms with E-state index >= 15 is 0 Å². The molecule has 0 unspecified atom stereocenters. The zero-order valence-corrected chi connectivity index (χ0v) is 15.3. The average Bonchev–Trinajstić information content (AvgIpc) is 2.67. The summed E-state index contributed by atoms with van der Waals surface area (Å²) in [6.07, 6.45) is 3.27. The maximum absolute atomic E-state index is 8.30. The highest BCUT2D eigenvalue weighted by Gasteiger charge is 2.11. The minimum atomic E-state index is 0.112. The van der Waals surface area contributed by atoms with E-state index in [1.165, 1.54) is 0 Å². The highest BCUT2D eigenvalue weighted by atomic mass is 16.5. The lowest BCUT2D eigenvalue weighted by molar-refractivity contribution is 0.415. The molecule has 2 heterocycles. The molecule has 0 aliphatic heterocycles. The number of anilines is 2. The second-order valence-corrected chi connectivity index (χ2v) is 5.70. The number of guanidine groups is 1. The van der Waals surface area contributed by atoms with Gasteiger partial charge in [0.1, 0.15) is 11.5 Å². The van der Waals surface area contributed by atoms with Gasteiger partial charge < -0.3 is 14.4 Å². The van der Waals surface area contributed by atoms with E-state index in [0.717, 1.165) is 5.69 Å². The van der Waals surface area contributed by atoms with Gasteiger partial charge in [0.15, 0.2) is 0 Å². The van der Waals surface area contributed by atoms with Crippen LogP contribution in [0.4, 0.5) is 11.6 Å². The molecule has 138 valence electrons. The summed E-state index contributed by atoms with van der Waals surface area (Å²) >= 11 is 0. The van der Waals surface area contributed by atoms with Crippen molar-refractivity contribution >= 4 is 17.6 Å². The first-order valence-corrected chi connectivity index (χ1v) is 8.22. The van der Waals surface area contributed by atoms with Crippen molar-refractivity contribution < 1.29 is 9.47 Å². The zero-order valence-electron chi connectivity index (χ0n) is 15.3. The summed E-state index contributed by atoms with van der Waals surface area (Å²) in [4.78, 5) is 14.3. The molecule has 0 atom stereocenters. The topological polar surface area (TPSA) is 96.2 Å². The molecule has 27 heavy (non-hydrogen) atoms. The van der Waals surface area contributed by atoms with Crippen molar-refractivity contribution in [3.8, 4) is 17.4 Å². The quantitative estimate of drug-likeness (QED) is 0.528. The van der Waals surface area contributed by atoms with Crippen LogP contribution in [0.5, 0.6) is 17.4 Å². The molecule has 1 aromatic carbocycles. The minimum absolute atomic E-state index is 0.112. The lowest BCUT2D eigenvalue weighted by Gasteiger charge is -2.21. The fourth-order valence-electron chi connectivity index (χ4n) is 2.31. The Morgan fingerprint density at radius 3 is 2.67 bits per heavy atom. The van der Waals surface area contributed by atoms with E-state index in [9.17, 15) is 0 Å². The van der Waals surface area contributed by atoms with Crippen LogP contribution in [0.25, 0.3) is 0 Å². The van der Waals surface area contributed by atoms with Crippen LogP contribution in [0.1, 0.15) is 5.69 Å². The lowest BCUT2D eigenvalue weighted by Crippen LogP contribution is -2.32. The first kappa shape index (κ1) is 18.1. The largest absolute Gasteiger partial charge is 0.497 e. The van der Waals surface area contributed by atoms with Crippen LogP contribution >= 0.6 is 0 Å². The molecule has 0 saturated carbocycles.